The average Bonchev–Trinajstić information content (AvgIpc) is 2.49. The fraction of sp³-hybridized carbons (Fsp3) is 0.143. The predicted octanol–water partition coefficient (Wildman–Crippen LogP) is 2.02. The van der Waals surface area contributed by atoms with E-state index in [-0.39, 0.29) is 11.6 Å². The minimum atomic E-state index is -0.325. The Bertz CT molecular complexity index is 601. The van der Waals surface area contributed by atoms with Gasteiger partial charge < -0.3 is 15.5 Å². The van der Waals surface area contributed by atoms with Gasteiger partial charge in [0, 0.05) is 0 Å². The number of aromatic nitrogens is 1. The van der Waals surface area contributed by atoms with E-state index in [1.165, 1.54) is 0 Å². The van der Waals surface area contributed by atoms with E-state index in [4.69, 9.17) is 10.6 Å². The zero-order valence-corrected chi connectivity index (χ0v) is 11.1. The third-order valence-corrected chi connectivity index (χ3v) is 2.56. The number of nitrogen functional groups attached to an aromatic ring is 1. The quantitative estimate of drug-likeness (QED) is 0.572. The SMILES string of the molecule is CCOc1ccccc1NC(=O)c1cccc(NN)n1. The van der Waals surface area contributed by atoms with Crippen molar-refractivity contribution < 1.29 is 9.53 Å². The van der Waals surface area contributed by atoms with Gasteiger partial charge in [0.25, 0.3) is 5.91 Å². The summed E-state index contributed by atoms with van der Waals surface area (Å²) < 4.78 is 5.45. The highest BCUT2D eigenvalue weighted by Crippen LogP contribution is 2.24. The number of nitrogens with one attached hydrogen (secondary N) is 2. The van der Waals surface area contributed by atoms with E-state index >= 15 is 0 Å². The van der Waals surface area contributed by atoms with Crippen LogP contribution in [0.4, 0.5) is 11.5 Å². The maximum absolute atomic E-state index is 12.1. The van der Waals surface area contributed by atoms with Gasteiger partial charge in [0.2, 0.25) is 0 Å². The molecule has 0 saturated carbocycles. The normalized spacial score (nSPS) is 9.90. The number of hydrogen-bond acceptors (Lipinski definition) is 5. The molecule has 2 rings (SSSR count). The zero-order valence-electron chi connectivity index (χ0n) is 11.1. The first-order chi connectivity index (χ1) is 9.74. The summed E-state index contributed by atoms with van der Waals surface area (Å²) in [5, 5.41) is 2.77. The minimum Gasteiger partial charge on any atom is -0.492 e. The van der Waals surface area contributed by atoms with Gasteiger partial charge in [0.15, 0.2) is 0 Å². The molecule has 0 aliphatic heterocycles. The lowest BCUT2D eigenvalue weighted by Gasteiger charge is -2.11. The van der Waals surface area contributed by atoms with Gasteiger partial charge in [0.05, 0.1) is 12.3 Å². The largest absolute Gasteiger partial charge is 0.492 e. The Hall–Kier alpha value is -2.60. The number of nitrogens with two attached hydrogens (primary N) is 1. The molecule has 104 valence electrons. The van der Waals surface area contributed by atoms with Crippen molar-refractivity contribution in [2.24, 2.45) is 5.84 Å². The Balaban J connectivity index is 2.19. The second-order valence-corrected chi connectivity index (χ2v) is 3.94. The Morgan fingerprint density at radius 1 is 1.25 bits per heavy atom. The van der Waals surface area contributed by atoms with Crippen molar-refractivity contribution >= 4 is 17.4 Å². The molecule has 2 aromatic rings. The zero-order chi connectivity index (χ0) is 14.4. The molecule has 1 amide bonds. The lowest BCUT2D eigenvalue weighted by atomic mass is 10.2. The number of pyridine rings is 1. The summed E-state index contributed by atoms with van der Waals surface area (Å²) in [6, 6.07) is 12.2. The second-order valence-electron chi connectivity index (χ2n) is 3.94. The lowest BCUT2D eigenvalue weighted by molar-refractivity contribution is 0.102. The van der Waals surface area contributed by atoms with Crippen LogP contribution in [-0.4, -0.2) is 17.5 Å². The smallest absolute Gasteiger partial charge is 0.274 e. The van der Waals surface area contributed by atoms with Crippen LogP contribution in [0.15, 0.2) is 42.5 Å². The van der Waals surface area contributed by atoms with Gasteiger partial charge >= 0.3 is 0 Å². The van der Waals surface area contributed by atoms with E-state index < -0.39 is 0 Å². The van der Waals surface area contributed by atoms with Crippen LogP contribution in [0.2, 0.25) is 0 Å². The first kappa shape index (κ1) is 13.8. The van der Waals surface area contributed by atoms with Crippen molar-refractivity contribution in [3.8, 4) is 5.75 Å². The molecular formula is C14H16N4O2. The first-order valence-corrected chi connectivity index (χ1v) is 6.21. The van der Waals surface area contributed by atoms with Crippen molar-refractivity contribution in [3.63, 3.8) is 0 Å². The molecular weight excluding hydrogens is 256 g/mol. The van der Waals surface area contributed by atoms with E-state index in [0.717, 1.165) is 0 Å². The van der Waals surface area contributed by atoms with E-state index in [1.807, 2.05) is 19.1 Å². The van der Waals surface area contributed by atoms with Crippen LogP contribution in [0, 0.1) is 0 Å². The summed E-state index contributed by atoms with van der Waals surface area (Å²) in [6.07, 6.45) is 0. The standard InChI is InChI=1S/C14H16N4O2/c1-2-20-12-8-4-3-6-10(12)17-14(19)11-7-5-9-13(16-11)18-15/h3-9H,2,15H2,1H3,(H,16,18)(H,17,19). The molecule has 0 saturated heterocycles. The van der Waals surface area contributed by atoms with Crippen molar-refractivity contribution in [1.29, 1.82) is 0 Å². The van der Waals surface area contributed by atoms with Crippen LogP contribution in [-0.2, 0) is 0 Å². The summed E-state index contributed by atoms with van der Waals surface area (Å²) in [5.41, 5.74) is 3.28. The molecule has 0 fully saturated rings. The summed E-state index contributed by atoms with van der Waals surface area (Å²) in [6.45, 7) is 2.41. The molecule has 0 radical (unpaired) electrons. The predicted molar refractivity (Wildman–Crippen MR) is 77.6 cm³/mol. The van der Waals surface area contributed by atoms with Crippen LogP contribution >= 0.6 is 0 Å². The monoisotopic (exact) mass is 272 g/mol. The minimum absolute atomic E-state index is 0.270. The number of amides is 1. The molecule has 1 aromatic carbocycles. The Morgan fingerprint density at radius 3 is 2.80 bits per heavy atom. The summed E-state index contributed by atoms with van der Waals surface area (Å²) in [7, 11) is 0. The fourth-order valence-electron chi connectivity index (χ4n) is 1.68. The number of benzene rings is 1. The van der Waals surface area contributed by atoms with Gasteiger partial charge in [-0.1, -0.05) is 18.2 Å². The third kappa shape index (κ3) is 3.24. The third-order valence-electron chi connectivity index (χ3n) is 2.56. The number of hydrazine groups is 1. The second kappa shape index (κ2) is 6.53. The van der Waals surface area contributed by atoms with E-state index in [1.54, 1.807) is 30.3 Å². The Labute approximate surface area is 116 Å². The molecule has 6 heteroatoms. The van der Waals surface area contributed by atoms with Gasteiger partial charge in [-0.3, -0.25) is 4.79 Å². The van der Waals surface area contributed by atoms with E-state index in [2.05, 4.69) is 15.7 Å². The molecule has 0 bridgehead atoms. The van der Waals surface area contributed by atoms with Gasteiger partial charge in [-0.15, -0.1) is 0 Å². The highest BCUT2D eigenvalue weighted by molar-refractivity contribution is 6.03. The molecule has 0 unspecified atom stereocenters. The van der Waals surface area contributed by atoms with E-state index in [0.29, 0.717) is 23.9 Å². The van der Waals surface area contributed by atoms with Crippen LogP contribution in [0.1, 0.15) is 17.4 Å². The van der Waals surface area contributed by atoms with Gasteiger partial charge in [-0.2, -0.15) is 0 Å². The Morgan fingerprint density at radius 2 is 2.05 bits per heavy atom. The molecule has 1 heterocycles. The summed E-state index contributed by atoms with van der Waals surface area (Å²) in [5.74, 6) is 5.99. The molecule has 0 atom stereocenters. The topological polar surface area (TPSA) is 89.3 Å². The number of rotatable bonds is 5. The molecule has 20 heavy (non-hydrogen) atoms. The number of para-hydroxylation sites is 2. The summed E-state index contributed by atoms with van der Waals surface area (Å²) >= 11 is 0. The van der Waals surface area contributed by atoms with Crippen molar-refractivity contribution in [2.45, 2.75) is 6.92 Å². The number of anilines is 2. The van der Waals surface area contributed by atoms with Crippen molar-refractivity contribution in [3.05, 3.63) is 48.2 Å². The van der Waals surface area contributed by atoms with Gasteiger partial charge in [0.1, 0.15) is 17.3 Å². The Kier molecular flexibility index (Phi) is 4.52. The van der Waals surface area contributed by atoms with Crippen LogP contribution in [0.5, 0.6) is 5.75 Å². The highest BCUT2D eigenvalue weighted by atomic mass is 16.5. The number of hydrogen-bond donors (Lipinski definition) is 3. The number of carbonyl (C=O) groups excluding carboxylic acids is 1. The number of nitrogens with zero attached hydrogens (tertiary/aromatic N) is 1. The van der Waals surface area contributed by atoms with Crippen LogP contribution in [0.3, 0.4) is 0 Å². The van der Waals surface area contributed by atoms with E-state index in [9.17, 15) is 4.79 Å². The van der Waals surface area contributed by atoms with Gasteiger partial charge in [-0.25, -0.2) is 10.8 Å². The average molecular weight is 272 g/mol. The van der Waals surface area contributed by atoms with Crippen molar-refractivity contribution in [2.75, 3.05) is 17.3 Å². The fourth-order valence-corrected chi connectivity index (χ4v) is 1.68. The molecule has 0 spiro atoms. The molecule has 6 nitrogen and oxygen atoms in total. The molecule has 0 aliphatic rings. The van der Waals surface area contributed by atoms with Gasteiger partial charge in [-0.05, 0) is 31.2 Å². The highest BCUT2D eigenvalue weighted by Gasteiger charge is 2.11. The number of ether oxygens (including phenoxy) is 1. The number of carbonyl (C=O) groups is 1. The first-order valence-electron chi connectivity index (χ1n) is 6.21. The van der Waals surface area contributed by atoms with Crippen molar-refractivity contribution in [1.82, 2.24) is 4.98 Å². The molecule has 0 aliphatic carbocycles. The van der Waals surface area contributed by atoms with Crippen LogP contribution < -0.4 is 21.3 Å². The maximum Gasteiger partial charge on any atom is 0.274 e. The summed E-state index contributed by atoms with van der Waals surface area (Å²) in [4.78, 5) is 16.2. The molecule has 4 N–H and O–H groups in total. The molecule has 1 aromatic heterocycles. The lowest BCUT2D eigenvalue weighted by Crippen LogP contribution is -2.16. The maximum atomic E-state index is 12.1. The van der Waals surface area contributed by atoms with Crippen LogP contribution in [0.25, 0.3) is 0 Å².